The van der Waals surface area contributed by atoms with Crippen LogP contribution >= 0.6 is 0 Å². The molecule has 0 aromatic rings. The van der Waals surface area contributed by atoms with Gasteiger partial charge in [0.2, 0.25) is 11.8 Å². The second-order valence-corrected chi connectivity index (χ2v) is 3.76. The number of nitrogens with zero attached hydrogens (tertiary/aromatic N) is 1. The molecule has 1 atom stereocenters. The highest BCUT2D eigenvalue weighted by atomic mass is 16.2. The first-order chi connectivity index (χ1) is 6.77. The summed E-state index contributed by atoms with van der Waals surface area (Å²) in [6, 6.07) is 0.287. The Bertz CT molecular complexity index is 248. The minimum absolute atomic E-state index is 0.0104. The molecule has 5 nitrogen and oxygen atoms in total. The van der Waals surface area contributed by atoms with Crippen molar-refractivity contribution < 1.29 is 9.59 Å². The monoisotopic (exact) mass is 197 g/mol. The van der Waals surface area contributed by atoms with Gasteiger partial charge in [-0.2, -0.15) is 0 Å². The second kappa shape index (κ2) is 3.96. The van der Waals surface area contributed by atoms with Crippen LogP contribution in [0.15, 0.2) is 0 Å². The van der Waals surface area contributed by atoms with Crippen molar-refractivity contribution in [1.82, 2.24) is 15.5 Å². The van der Waals surface area contributed by atoms with E-state index in [1.807, 2.05) is 4.90 Å². The van der Waals surface area contributed by atoms with Crippen LogP contribution in [0.3, 0.4) is 0 Å². The van der Waals surface area contributed by atoms with E-state index >= 15 is 0 Å². The fourth-order valence-corrected chi connectivity index (χ4v) is 2.03. The zero-order valence-electron chi connectivity index (χ0n) is 8.08. The van der Waals surface area contributed by atoms with Crippen molar-refractivity contribution >= 4 is 11.8 Å². The number of rotatable bonds is 1. The Hall–Kier alpha value is -1.10. The average molecular weight is 197 g/mol. The van der Waals surface area contributed by atoms with Gasteiger partial charge in [0, 0.05) is 25.7 Å². The van der Waals surface area contributed by atoms with Crippen molar-refractivity contribution in [3.05, 3.63) is 0 Å². The highest BCUT2D eigenvalue weighted by Crippen LogP contribution is 2.11. The molecule has 2 rings (SSSR count). The first-order valence-electron chi connectivity index (χ1n) is 5.04. The molecule has 5 heteroatoms. The fraction of sp³-hybridized carbons (Fsp3) is 0.778. The van der Waals surface area contributed by atoms with Crippen molar-refractivity contribution in [3.8, 4) is 0 Å². The lowest BCUT2D eigenvalue weighted by Gasteiger charge is -2.26. The molecule has 0 aliphatic carbocycles. The van der Waals surface area contributed by atoms with E-state index in [0.717, 1.165) is 19.5 Å². The number of amides is 2. The van der Waals surface area contributed by atoms with E-state index in [1.165, 1.54) is 0 Å². The number of carbonyl (C=O) groups is 2. The summed E-state index contributed by atoms with van der Waals surface area (Å²) in [5, 5.41) is 5.93. The third-order valence-corrected chi connectivity index (χ3v) is 2.78. The predicted octanol–water partition coefficient (Wildman–Crippen LogP) is -1.30. The van der Waals surface area contributed by atoms with Crippen LogP contribution in [-0.2, 0) is 9.59 Å². The van der Waals surface area contributed by atoms with Crippen LogP contribution in [0, 0.1) is 0 Å². The summed E-state index contributed by atoms with van der Waals surface area (Å²) in [5.74, 6) is -0.183. The quantitative estimate of drug-likeness (QED) is 0.513. The summed E-state index contributed by atoms with van der Waals surface area (Å²) in [6.45, 7) is 3.06. The van der Waals surface area contributed by atoms with Crippen molar-refractivity contribution in [2.75, 3.05) is 26.2 Å². The lowest BCUT2D eigenvalue weighted by molar-refractivity contribution is -0.135. The second-order valence-electron chi connectivity index (χ2n) is 3.76. The van der Waals surface area contributed by atoms with Crippen LogP contribution in [0.4, 0.5) is 0 Å². The van der Waals surface area contributed by atoms with Gasteiger partial charge in [-0.1, -0.05) is 0 Å². The number of nitrogens with one attached hydrogen (secondary N) is 2. The first-order valence-corrected chi connectivity index (χ1v) is 5.04. The molecule has 1 unspecified atom stereocenters. The van der Waals surface area contributed by atoms with E-state index < -0.39 is 0 Å². The smallest absolute Gasteiger partial charge is 0.232 e. The zero-order valence-corrected chi connectivity index (χ0v) is 8.08. The maximum Gasteiger partial charge on any atom is 0.232 e. The largest absolute Gasteiger partial charge is 0.354 e. The van der Waals surface area contributed by atoms with E-state index in [1.54, 1.807) is 0 Å². The van der Waals surface area contributed by atoms with E-state index in [2.05, 4.69) is 10.6 Å². The molecule has 0 radical (unpaired) electrons. The Morgan fingerprint density at radius 3 is 2.86 bits per heavy atom. The molecule has 2 N–H and O–H groups in total. The van der Waals surface area contributed by atoms with Gasteiger partial charge in [-0.25, -0.2) is 0 Å². The van der Waals surface area contributed by atoms with Gasteiger partial charge in [-0.15, -0.1) is 0 Å². The molecule has 0 saturated carbocycles. The Morgan fingerprint density at radius 2 is 2.14 bits per heavy atom. The van der Waals surface area contributed by atoms with Gasteiger partial charge in [0.15, 0.2) is 0 Å². The minimum Gasteiger partial charge on any atom is -0.354 e. The minimum atomic E-state index is -0.150. The van der Waals surface area contributed by atoms with Crippen molar-refractivity contribution in [2.45, 2.75) is 18.9 Å². The third-order valence-electron chi connectivity index (χ3n) is 2.78. The summed E-state index contributed by atoms with van der Waals surface area (Å²) in [4.78, 5) is 24.6. The molecule has 0 aromatic heterocycles. The van der Waals surface area contributed by atoms with Gasteiger partial charge < -0.3 is 15.5 Å². The summed E-state index contributed by atoms with van der Waals surface area (Å²) in [7, 11) is 0. The van der Waals surface area contributed by atoms with Gasteiger partial charge in [0.05, 0.1) is 0 Å². The van der Waals surface area contributed by atoms with Gasteiger partial charge >= 0.3 is 0 Å². The summed E-state index contributed by atoms with van der Waals surface area (Å²) in [6.07, 6.45) is 1.01. The third kappa shape index (κ3) is 1.87. The lowest BCUT2D eigenvalue weighted by atomic mass is 10.2. The van der Waals surface area contributed by atoms with Crippen LogP contribution in [0.25, 0.3) is 0 Å². The van der Waals surface area contributed by atoms with Crippen LogP contribution < -0.4 is 10.6 Å². The Labute approximate surface area is 82.8 Å². The molecule has 2 aliphatic heterocycles. The predicted molar refractivity (Wildman–Crippen MR) is 50.6 cm³/mol. The van der Waals surface area contributed by atoms with E-state index in [4.69, 9.17) is 0 Å². The molecule has 2 amide bonds. The molecular formula is C9H15N3O2. The molecule has 2 fully saturated rings. The maximum absolute atomic E-state index is 11.6. The average Bonchev–Trinajstić information content (AvgIpc) is 2.59. The first kappa shape index (κ1) is 9.45. The number of hydrogen-bond acceptors (Lipinski definition) is 3. The van der Waals surface area contributed by atoms with Crippen LogP contribution in [0.1, 0.15) is 12.8 Å². The Balaban J connectivity index is 2.02. The molecule has 2 aliphatic rings. The standard InChI is InChI=1S/C9H15N3O2/c13-8-5-9(14)12(4-3-11-8)7-1-2-10-6-7/h7,10H,1-6H2,(H,11,13). The van der Waals surface area contributed by atoms with Gasteiger partial charge in [-0.05, 0) is 13.0 Å². The molecule has 2 saturated heterocycles. The molecule has 0 aromatic carbocycles. The van der Waals surface area contributed by atoms with Gasteiger partial charge in [0.25, 0.3) is 0 Å². The fourth-order valence-electron chi connectivity index (χ4n) is 2.03. The van der Waals surface area contributed by atoms with Gasteiger partial charge in [0.1, 0.15) is 6.42 Å². The van der Waals surface area contributed by atoms with Crippen LogP contribution in [0.2, 0.25) is 0 Å². The van der Waals surface area contributed by atoms with Crippen molar-refractivity contribution in [3.63, 3.8) is 0 Å². The van der Waals surface area contributed by atoms with Crippen LogP contribution in [0.5, 0.6) is 0 Å². The van der Waals surface area contributed by atoms with Crippen molar-refractivity contribution in [2.24, 2.45) is 0 Å². The highest BCUT2D eigenvalue weighted by Gasteiger charge is 2.29. The maximum atomic E-state index is 11.6. The molecule has 78 valence electrons. The summed E-state index contributed by atoms with van der Waals surface area (Å²) >= 11 is 0. The van der Waals surface area contributed by atoms with E-state index in [-0.39, 0.29) is 24.3 Å². The highest BCUT2D eigenvalue weighted by molar-refractivity contribution is 5.97. The Morgan fingerprint density at radius 1 is 1.29 bits per heavy atom. The molecule has 0 spiro atoms. The molecule has 14 heavy (non-hydrogen) atoms. The molecule has 0 bridgehead atoms. The summed E-state index contributed by atoms with van der Waals surface area (Å²) < 4.78 is 0. The molecular weight excluding hydrogens is 182 g/mol. The summed E-state index contributed by atoms with van der Waals surface area (Å²) in [5.41, 5.74) is 0. The Kier molecular flexibility index (Phi) is 2.67. The van der Waals surface area contributed by atoms with Gasteiger partial charge in [-0.3, -0.25) is 9.59 Å². The normalized spacial score (nSPS) is 28.9. The van der Waals surface area contributed by atoms with Crippen molar-refractivity contribution in [1.29, 1.82) is 0 Å². The SMILES string of the molecule is O=C1CC(=O)N(C2CCNC2)CCN1. The molecule has 2 heterocycles. The number of carbonyl (C=O) groups excluding carboxylic acids is 2. The topological polar surface area (TPSA) is 61.4 Å². The van der Waals surface area contributed by atoms with Crippen LogP contribution in [-0.4, -0.2) is 48.9 Å². The van der Waals surface area contributed by atoms with E-state index in [9.17, 15) is 9.59 Å². The zero-order chi connectivity index (χ0) is 9.97. The lowest BCUT2D eigenvalue weighted by Crippen LogP contribution is -2.42. The number of hydrogen-bond donors (Lipinski definition) is 2. The van der Waals surface area contributed by atoms with E-state index in [0.29, 0.717) is 13.1 Å².